The second-order valence-electron chi connectivity index (χ2n) is 3.22. The van der Waals surface area contributed by atoms with Gasteiger partial charge in [-0.05, 0) is 12.3 Å². The fourth-order valence-corrected chi connectivity index (χ4v) is 1.70. The molecule has 1 aliphatic carbocycles. The van der Waals surface area contributed by atoms with E-state index in [1.807, 2.05) is 0 Å². The predicted molar refractivity (Wildman–Crippen MR) is 40.5 cm³/mol. The molecule has 0 aromatic rings. The molecule has 1 saturated carbocycles. The minimum absolute atomic E-state index is 0.205. The van der Waals surface area contributed by atoms with Crippen molar-refractivity contribution in [2.24, 2.45) is 11.7 Å². The molecule has 10 heavy (non-hydrogen) atoms. The van der Waals surface area contributed by atoms with Crippen molar-refractivity contribution < 1.29 is 4.39 Å². The van der Waals surface area contributed by atoms with Gasteiger partial charge in [0, 0.05) is 6.54 Å². The lowest BCUT2D eigenvalue weighted by Gasteiger charge is -2.10. The van der Waals surface area contributed by atoms with Gasteiger partial charge in [-0.3, -0.25) is 0 Å². The van der Waals surface area contributed by atoms with Gasteiger partial charge in [-0.15, -0.1) is 0 Å². The molecule has 0 bridgehead atoms. The summed E-state index contributed by atoms with van der Waals surface area (Å²) in [4.78, 5) is 0. The Balaban J connectivity index is 2.11. The molecule has 0 amide bonds. The molecule has 0 heterocycles. The van der Waals surface area contributed by atoms with Crippen LogP contribution in [0.25, 0.3) is 0 Å². The van der Waals surface area contributed by atoms with Crippen molar-refractivity contribution in [2.45, 2.75) is 38.3 Å². The molecule has 1 fully saturated rings. The summed E-state index contributed by atoms with van der Waals surface area (Å²) in [5.41, 5.74) is 5.18. The summed E-state index contributed by atoms with van der Waals surface area (Å²) < 4.78 is 12.7. The molecule has 1 atom stereocenters. The molecule has 1 aliphatic rings. The zero-order valence-electron chi connectivity index (χ0n) is 6.35. The Bertz CT molecular complexity index is 89.3. The summed E-state index contributed by atoms with van der Waals surface area (Å²) in [6.45, 7) is 0.205. The molecule has 0 spiro atoms. The third-order valence-corrected chi connectivity index (χ3v) is 2.32. The minimum Gasteiger partial charge on any atom is -0.328 e. The maximum absolute atomic E-state index is 12.7. The molecule has 2 heteroatoms. The highest BCUT2D eigenvalue weighted by Crippen LogP contribution is 2.28. The topological polar surface area (TPSA) is 26.0 Å². The third kappa shape index (κ3) is 2.25. The molecule has 1 nitrogen and oxygen atoms in total. The van der Waals surface area contributed by atoms with Gasteiger partial charge >= 0.3 is 0 Å². The number of hydrogen-bond acceptors (Lipinski definition) is 1. The van der Waals surface area contributed by atoms with Crippen LogP contribution in [0, 0.1) is 5.92 Å². The molecule has 0 aromatic carbocycles. The molecular weight excluding hydrogens is 129 g/mol. The van der Waals surface area contributed by atoms with Gasteiger partial charge in [0.05, 0.1) is 0 Å². The second-order valence-corrected chi connectivity index (χ2v) is 3.22. The number of nitrogens with two attached hydrogens (primary N) is 1. The lowest BCUT2D eigenvalue weighted by atomic mass is 10.0. The van der Waals surface area contributed by atoms with Gasteiger partial charge in [-0.2, -0.15) is 0 Å². The van der Waals surface area contributed by atoms with Crippen molar-refractivity contribution in [2.75, 3.05) is 6.54 Å². The number of halogens is 1. The molecule has 0 aliphatic heterocycles. The van der Waals surface area contributed by atoms with Gasteiger partial charge in [0.1, 0.15) is 6.17 Å². The Morgan fingerprint density at radius 3 is 2.50 bits per heavy atom. The zero-order chi connectivity index (χ0) is 7.40. The van der Waals surface area contributed by atoms with E-state index in [1.165, 1.54) is 25.7 Å². The Hall–Kier alpha value is -0.110. The quantitative estimate of drug-likeness (QED) is 0.644. The van der Waals surface area contributed by atoms with Crippen molar-refractivity contribution in [1.29, 1.82) is 0 Å². The SMILES string of the molecule is NC[C@@H](F)CC1CCCC1. The van der Waals surface area contributed by atoms with Crippen LogP contribution in [-0.4, -0.2) is 12.7 Å². The fourth-order valence-electron chi connectivity index (χ4n) is 1.70. The largest absolute Gasteiger partial charge is 0.328 e. The Kier molecular flexibility index (Phi) is 3.13. The van der Waals surface area contributed by atoms with E-state index >= 15 is 0 Å². The van der Waals surface area contributed by atoms with Crippen LogP contribution in [0.4, 0.5) is 4.39 Å². The van der Waals surface area contributed by atoms with Crippen LogP contribution < -0.4 is 5.73 Å². The van der Waals surface area contributed by atoms with Crippen molar-refractivity contribution in [3.05, 3.63) is 0 Å². The lowest BCUT2D eigenvalue weighted by molar-refractivity contribution is 0.276. The molecular formula is C8H16FN. The van der Waals surface area contributed by atoms with Crippen molar-refractivity contribution in [1.82, 2.24) is 0 Å². The van der Waals surface area contributed by atoms with Crippen LogP contribution in [0.5, 0.6) is 0 Å². The normalized spacial score (nSPS) is 23.4. The molecule has 0 aromatic heterocycles. The average Bonchev–Trinajstić information content (AvgIpc) is 2.40. The summed E-state index contributed by atoms with van der Waals surface area (Å²) in [5, 5.41) is 0. The van der Waals surface area contributed by atoms with Crippen LogP contribution in [0.2, 0.25) is 0 Å². The first-order valence-corrected chi connectivity index (χ1v) is 4.17. The van der Waals surface area contributed by atoms with E-state index in [4.69, 9.17) is 5.73 Å². The van der Waals surface area contributed by atoms with Crippen LogP contribution in [0.1, 0.15) is 32.1 Å². The van der Waals surface area contributed by atoms with Gasteiger partial charge in [-0.1, -0.05) is 25.7 Å². The Labute approximate surface area is 61.8 Å². The monoisotopic (exact) mass is 145 g/mol. The first-order chi connectivity index (χ1) is 4.83. The number of rotatable bonds is 3. The molecule has 60 valence electrons. The van der Waals surface area contributed by atoms with Crippen LogP contribution in [0.3, 0.4) is 0 Å². The highest BCUT2D eigenvalue weighted by atomic mass is 19.1. The lowest BCUT2D eigenvalue weighted by Crippen LogP contribution is -2.17. The highest BCUT2D eigenvalue weighted by Gasteiger charge is 2.18. The first kappa shape index (κ1) is 7.99. The van der Waals surface area contributed by atoms with E-state index in [2.05, 4.69) is 0 Å². The molecule has 0 radical (unpaired) electrons. The standard InChI is InChI=1S/C8H16FN/c9-8(6-10)5-7-3-1-2-4-7/h7-8H,1-6,10H2/t8-/m0/s1. The van der Waals surface area contributed by atoms with Crippen molar-refractivity contribution in [3.8, 4) is 0 Å². The summed E-state index contributed by atoms with van der Waals surface area (Å²) in [7, 11) is 0. The number of hydrogen-bond donors (Lipinski definition) is 1. The van der Waals surface area contributed by atoms with Gasteiger partial charge < -0.3 is 5.73 Å². The van der Waals surface area contributed by atoms with E-state index in [-0.39, 0.29) is 6.54 Å². The molecule has 1 rings (SSSR count). The van der Waals surface area contributed by atoms with Crippen LogP contribution >= 0.6 is 0 Å². The molecule has 0 unspecified atom stereocenters. The van der Waals surface area contributed by atoms with Gasteiger partial charge in [0.15, 0.2) is 0 Å². The van der Waals surface area contributed by atoms with E-state index in [0.717, 1.165) is 0 Å². The van der Waals surface area contributed by atoms with E-state index in [9.17, 15) is 4.39 Å². The highest BCUT2D eigenvalue weighted by molar-refractivity contribution is 4.71. The summed E-state index contributed by atoms with van der Waals surface area (Å²) >= 11 is 0. The van der Waals surface area contributed by atoms with Crippen molar-refractivity contribution >= 4 is 0 Å². The molecule has 0 saturated heterocycles. The van der Waals surface area contributed by atoms with Crippen LogP contribution in [0.15, 0.2) is 0 Å². The Morgan fingerprint density at radius 1 is 1.40 bits per heavy atom. The summed E-state index contributed by atoms with van der Waals surface area (Å²) in [5.74, 6) is 0.638. The van der Waals surface area contributed by atoms with E-state index in [0.29, 0.717) is 12.3 Å². The smallest absolute Gasteiger partial charge is 0.113 e. The number of alkyl halides is 1. The maximum Gasteiger partial charge on any atom is 0.113 e. The fraction of sp³-hybridized carbons (Fsp3) is 1.00. The van der Waals surface area contributed by atoms with Gasteiger partial charge in [0.25, 0.3) is 0 Å². The first-order valence-electron chi connectivity index (χ1n) is 4.17. The van der Waals surface area contributed by atoms with E-state index < -0.39 is 6.17 Å². The van der Waals surface area contributed by atoms with E-state index in [1.54, 1.807) is 0 Å². The second kappa shape index (κ2) is 3.91. The van der Waals surface area contributed by atoms with Gasteiger partial charge in [-0.25, -0.2) is 4.39 Å². The molecule has 2 N–H and O–H groups in total. The van der Waals surface area contributed by atoms with Crippen LogP contribution in [-0.2, 0) is 0 Å². The van der Waals surface area contributed by atoms with Crippen molar-refractivity contribution in [3.63, 3.8) is 0 Å². The van der Waals surface area contributed by atoms with Gasteiger partial charge in [0.2, 0.25) is 0 Å². The minimum atomic E-state index is -0.747. The summed E-state index contributed by atoms with van der Waals surface area (Å²) in [6, 6.07) is 0. The average molecular weight is 145 g/mol. The summed E-state index contributed by atoms with van der Waals surface area (Å²) in [6.07, 6.45) is 4.99. The third-order valence-electron chi connectivity index (χ3n) is 2.32. The zero-order valence-corrected chi connectivity index (χ0v) is 6.35. The predicted octanol–water partition coefficient (Wildman–Crippen LogP) is 1.86. The maximum atomic E-state index is 12.7. The Morgan fingerprint density at radius 2 is 2.00 bits per heavy atom.